The Labute approximate surface area is 149 Å². The zero-order valence-corrected chi connectivity index (χ0v) is 15.7. The number of benzene rings is 2. The first-order valence-electron chi connectivity index (χ1n) is 6.84. The molecule has 6 nitrogen and oxygen atoms in total. The number of nitrogens with one attached hydrogen (secondary N) is 1. The second kappa shape index (κ2) is 7.23. The maximum atomic E-state index is 12.6. The van der Waals surface area contributed by atoms with Crippen LogP contribution in [0.5, 0.6) is 5.75 Å². The monoisotopic (exact) mass is 413 g/mol. The fourth-order valence-electron chi connectivity index (χ4n) is 2.10. The van der Waals surface area contributed by atoms with Crippen molar-refractivity contribution in [2.45, 2.75) is 11.8 Å². The predicted octanol–water partition coefficient (Wildman–Crippen LogP) is 3.35. The highest BCUT2D eigenvalue weighted by Crippen LogP contribution is 2.29. The summed E-state index contributed by atoms with van der Waals surface area (Å²) in [5.41, 5.74) is 1.10. The lowest BCUT2D eigenvalue weighted by atomic mass is 10.1. The fraction of sp³-hybridized carbons (Fsp3) is 0.188. The molecule has 2 aromatic carbocycles. The van der Waals surface area contributed by atoms with E-state index in [0.717, 1.165) is 0 Å². The Morgan fingerprint density at radius 2 is 1.88 bits per heavy atom. The summed E-state index contributed by atoms with van der Waals surface area (Å²) in [5, 5.41) is 0. The summed E-state index contributed by atoms with van der Waals surface area (Å²) in [4.78, 5) is 11.8. The highest BCUT2D eigenvalue weighted by molar-refractivity contribution is 9.10. The van der Waals surface area contributed by atoms with Gasteiger partial charge in [-0.15, -0.1) is 0 Å². The van der Waals surface area contributed by atoms with E-state index in [1.54, 1.807) is 31.2 Å². The van der Waals surface area contributed by atoms with Crippen molar-refractivity contribution >= 4 is 37.6 Å². The predicted molar refractivity (Wildman–Crippen MR) is 94.0 cm³/mol. The van der Waals surface area contributed by atoms with Gasteiger partial charge in [-0.05, 0) is 58.7 Å². The number of anilines is 1. The average Bonchev–Trinajstić information content (AvgIpc) is 2.55. The molecule has 0 aliphatic carbocycles. The summed E-state index contributed by atoms with van der Waals surface area (Å²) in [6.45, 7) is 1.65. The number of ether oxygens (including phenoxy) is 2. The number of esters is 1. The van der Waals surface area contributed by atoms with Crippen LogP contribution in [-0.2, 0) is 14.8 Å². The number of methoxy groups -OCH3 is 2. The van der Waals surface area contributed by atoms with Crippen molar-refractivity contribution in [3.8, 4) is 5.75 Å². The number of carbonyl (C=O) groups is 1. The van der Waals surface area contributed by atoms with Crippen molar-refractivity contribution in [2.75, 3.05) is 18.9 Å². The number of sulfonamides is 1. The van der Waals surface area contributed by atoms with Crippen molar-refractivity contribution in [3.05, 3.63) is 52.0 Å². The summed E-state index contributed by atoms with van der Waals surface area (Å²) in [5.74, 6) is -0.00133. The lowest BCUT2D eigenvalue weighted by Gasteiger charge is -2.13. The Bertz CT molecular complexity index is 880. The molecule has 0 aliphatic rings. The van der Waals surface area contributed by atoms with Gasteiger partial charge in [-0.3, -0.25) is 4.72 Å². The minimum absolute atomic E-state index is 0.0676. The SMILES string of the molecule is COC(=O)c1cccc(NS(=O)(=O)c2ccc(OC)c(Br)c2)c1C. The zero-order chi connectivity index (χ0) is 17.9. The number of hydrogen-bond acceptors (Lipinski definition) is 5. The van der Waals surface area contributed by atoms with E-state index in [-0.39, 0.29) is 4.90 Å². The minimum atomic E-state index is -3.82. The van der Waals surface area contributed by atoms with Gasteiger partial charge in [0.05, 0.1) is 34.8 Å². The molecular weight excluding hydrogens is 398 g/mol. The lowest BCUT2D eigenvalue weighted by molar-refractivity contribution is 0.0600. The molecule has 0 aromatic heterocycles. The highest BCUT2D eigenvalue weighted by Gasteiger charge is 2.19. The quantitative estimate of drug-likeness (QED) is 0.759. The summed E-state index contributed by atoms with van der Waals surface area (Å²) < 4.78 is 37.9. The maximum Gasteiger partial charge on any atom is 0.338 e. The van der Waals surface area contributed by atoms with E-state index in [1.165, 1.54) is 26.4 Å². The Morgan fingerprint density at radius 1 is 1.17 bits per heavy atom. The van der Waals surface area contributed by atoms with Gasteiger partial charge in [0, 0.05) is 0 Å². The molecule has 2 aromatic rings. The molecule has 24 heavy (non-hydrogen) atoms. The number of carbonyl (C=O) groups excluding carboxylic acids is 1. The Hall–Kier alpha value is -2.06. The van der Waals surface area contributed by atoms with Gasteiger partial charge in [0.1, 0.15) is 5.75 Å². The molecule has 0 saturated carbocycles. The standard InChI is InChI=1S/C16H16BrNO5S/c1-10-12(16(19)23-3)5-4-6-14(10)18-24(20,21)11-7-8-15(22-2)13(17)9-11/h4-9,18H,1-3H3. The van der Waals surface area contributed by atoms with Gasteiger partial charge in [0.2, 0.25) is 0 Å². The minimum Gasteiger partial charge on any atom is -0.496 e. The van der Waals surface area contributed by atoms with Crippen LogP contribution in [0.3, 0.4) is 0 Å². The van der Waals surface area contributed by atoms with Crippen molar-refractivity contribution in [1.82, 2.24) is 0 Å². The summed E-state index contributed by atoms with van der Waals surface area (Å²) >= 11 is 3.26. The molecule has 0 fully saturated rings. The third-order valence-corrected chi connectivity index (χ3v) is 5.40. The highest BCUT2D eigenvalue weighted by atomic mass is 79.9. The van der Waals surface area contributed by atoms with Crippen LogP contribution in [0, 0.1) is 6.92 Å². The van der Waals surface area contributed by atoms with Crippen molar-refractivity contribution in [2.24, 2.45) is 0 Å². The number of halogens is 1. The zero-order valence-electron chi connectivity index (χ0n) is 13.3. The Morgan fingerprint density at radius 3 is 2.46 bits per heavy atom. The third kappa shape index (κ3) is 3.70. The molecule has 0 amide bonds. The van der Waals surface area contributed by atoms with E-state index in [2.05, 4.69) is 20.7 Å². The van der Waals surface area contributed by atoms with E-state index in [4.69, 9.17) is 9.47 Å². The summed E-state index contributed by atoms with van der Waals surface area (Å²) in [6, 6.07) is 9.17. The van der Waals surface area contributed by atoms with Gasteiger partial charge >= 0.3 is 5.97 Å². The maximum absolute atomic E-state index is 12.6. The molecule has 0 heterocycles. The van der Waals surface area contributed by atoms with Crippen molar-refractivity contribution < 1.29 is 22.7 Å². The third-order valence-electron chi connectivity index (χ3n) is 3.42. The van der Waals surface area contributed by atoms with Gasteiger partial charge in [-0.1, -0.05) is 6.07 Å². The van der Waals surface area contributed by atoms with Crippen LogP contribution in [0.4, 0.5) is 5.69 Å². The van der Waals surface area contributed by atoms with E-state index >= 15 is 0 Å². The molecule has 2 rings (SSSR count). The summed E-state index contributed by atoms with van der Waals surface area (Å²) in [6.07, 6.45) is 0. The van der Waals surface area contributed by atoms with Gasteiger partial charge in [-0.25, -0.2) is 13.2 Å². The fourth-order valence-corrected chi connectivity index (χ4v) is 3.94. The first-order chi connectivity index (χ1) is 11.3. The molecule has 128 valence electrons. The molecule has 1 N–H and O–H groups in total. The van der Waals surface area contributed by atoms with Crippen LogP contribution in [0.15, 0.2) is 45.8 Å². The number of hydrogen-bond donors (Lipinski definition) is 1. The normalized spacial score (nSPS) is 11.0. The molecule has 0 aliphatic heterocycles. The van der Waals surface area contributed by atoms with Crippen LogP contribution in [0.1, 0.15) is 15.9 Å². The van der Waals surface area contributed by atoms with Gasteiger partial charge in [0.15, 0.2) is 0 Å². The summed E-state index contributed by atoms with van der Waals surface area (Å²) in [7, 11) is -1.05. The second-order valence-corrected chi connectivity index (χ2v) is 7.41. The average molecular weight is 414 g/mol. The largest absolute Gasteiger partial charge is 0.496 e. The van der Waals surface area contributed by atoms with Crippen LogP contribution in [0.25, 0.3) is 0 Å². The Balaban J connectivity index is 2.40. The van der Waals surface area contributed by atoms with E-state index in [1.807, 2.05) is 0 Å². The van der Waals surface area contributed by atoms with Crippen LogP contribution in [-0.4, -0.2) is 28.6 Å². The topological polar surface area (TPSA) is 81.7 Å². The van der Waals surface area contributed by atoms with Gasteiger partial charge in [0.25, 0.3) is 10.0 Å². The van der Waals surface area contributed by atoms with Gasteiger partial charge < -0.3 is 9.47 Å². The lowest BCUT2D eigenvalue weighted by Crippen LogP contribution is -2.15. The molecule has 0 unspecified atom stereocenters. The second-order valence-electron chi connectivity index (χ2n) is 4.87. The first-order valence-corrected chi connectivity index (χ1v) is 9.12. The molecular formula is C16H16BrNO5S. The number of rotatable bonds is 5. The van der Waals surface area contributed by atoms with Crippen LogP contribution < -0.4 is 9.46 Å². The molecule has 0 bridgehead atoms. The molecule has 0 atom stereocenters. The van der Waals surface area contributed by atoms with Crippen LogP contribution >= 0.6 is 15.9 Å². The van der Waals surface area contributed by atoms with Gasteiger partial charge in [-0.2, -0.15) is 0 Å². The molecule has 0 spiro atoms. The smallest absolute Gasteiger partial charge is 0.338 e. The van der Waals surface area contributed by atoms with E-state index < -0.39 is 16.0 Å². The van der Waals surface area contributed by atoms with Crippen LogP contribution in [0.2, 0.25) is 0 Å². The molecule has 0 radical (unpaired) electrons. The Kier molecular flexibility index (Phi) is 5.51. The molecule has 0 saturated heterocycles. The van der Waals surface area contributed by atoms with Crippen molar-refractivity contribution in [1.29, 1.82) is 0 Å². The van der Waals surface area contributed by atoms with E-state index in [9.17, 15) is 13.2 Å². The first kappa shape index (κ1) is 18.3. The van der Waals surface area contributed by atoms with Crippen molar-refractivity contribution in [3.63, 3.8) is 0 Å². The molecule has 8 heteroatoms. The van der Waals surface area contributed by atoms with E-state index in [0.29, 0.717) is 27.0 Å².